The molecule has 2 aromatic carbocycles. The molecule has 0 radical (unpaired) electrons. The van der Waals surface area contributed by atoms with Gasteiger partial charge in [0.25, 0.3) is 0 Å². The second-order valence-electron chi connectivity index (χ2n) is 4.75. The number of hydrogen-bond donors (Lipinski definition) is 0. The van der Waals surface area contributed by atoms with Gasteiger partial charge in [0.05, 0.1) is 12.2 Å². The Morgan fingerprint density at radius 3 is 2.39 bits per heavy atom. The zero-order valence-corrected chi connectivity index (χ0v) is 13.1. The molecule has 2 aromatic rings. The second-order valence-corrected chi connectivity index (χ2v) is 4.75. The van der Waals surface area contributed by atoms with Crippen LogP contribution in [0.4, 0.5) is 0 Å². The maximum Gasteiger partial charge on any atom is 0.338 e. The molecule has 0 spiro atoms. The van der Waals surface area contributed by atoms with Gasteiger partial charge in [0.1, 0.15) is 6.61 Å². The standard InChI is InChI=1S/C18H18O5/c1-3-21-18(20)15-9-10-16(17(11-15)23-13(2)19)22-12-14-7-5-4-6-8-14/h4-11H,3,12H2,1-2H3. The van der Waals surface area contributed by atoms with E-state index < -0.39 is 11.9 Å². The van der Waals surface area contributed by atoms with E-state index in [0.29, 0.717) is 17.9 Å². The summed E-state index contributed by atoms with van der Waals surface area (Å²) in [4.78, 5) is 23.0. The summed E-state index contributed by atoms with van der Waals surface area (Å²) in [6.07, 6.45) is 0. The van der Waals surface area contributed by atoms with E-state index in [1.54, 1.807) is 19.1 Å². The van der Waals surface area contributed by atoms with Gasteiger partial charge in [-0.3, -0.25) is 4.79 Å². The fourth-order valence-electron chi connectivity index (χ4n) is 1.94. The van der Waals surface area contributed by atoms with Crippen molar-refractivity contribution in [2.24, 2.45) is 0 Å². The van der Waals surface area contributed by atoms with Gasteiger partial charge in [0.15, 0.2) is 11.5 Å². The maximum absolute atomic E-state index is 11.8. The zero-order valence-electron chi connectivity index (χ0n) is 13.1. The summed E-state index contributed by atoms with van der Waals surface area (Å²) in [5.41, 5.74) is 1.28. The van der Waals surface area contributed by atoms with E-state index in [1.807, 2.05) is 30.3 Å². The molecule has 0 atom stereocenters. The molecule has 0 aliphatic rings. The van der Waals surface area contributed by atoms with Gasteiger partial charge >= 0.3 is 11.9 Å². The Hall–Kier alpha value is -2.82. The molecule has 5 nitrogen and oxygen atoms in total. The lowest BCUT2D eigenvalue weighted by atomic mass is 10.2. The third-order valence-corrected chi connectivity index (χ3v) is 2.95. The lowest BCUT2D eigenvalue weighted by molar-refractivity contribution is -0.132. The highest BCUT2D eigenvalue weighted by atomic mass is 16.6. The first kappa shape index (κ1) is 16.5. The van der Waals surface area contributed by atoms with Crippen LogP contribution in [0.15, 0.2) is 48.5 Å². The molecule has 0 amide bonds. The first-order valence-corrected chi connectivity index (χ1v) is 7.26. The first-order valence-electron chi connectivity index (χ1n) is 7.26. The molecule has 0 bridgehead atoms. The molecular formula is C18H18O5. The molecule has 2 rings (SSSR count). The van der Waals surface area contributed by atoms with Gasteiger partial charge in [-0.2, -0.15) is 0 Å². The normalized spacial score (nSPS) is 10.0. The molecule has 0 aromatic heterocycles. The Balaban J connectivity index is 2.20. The van der Waals surface area contributed by atoms with E-state index in [0.717, 1.165) is 5.56 Å². The van der Waals surface area contributed by atoms with E-state index >= 15 is 0 Å². The maximum atomic E-state index is 11.8. The van der Waals surface area contributed by atoms with Crippen molar-refractivity contribution in [3.05, 3.63) is 59.7 Å². The Morgan fingerprint density at radius 2 is 1.74 bits per heavy atom. The average molecular weight is 314 g/mol. The Morgan fingerprint density at radius 1 is 1.00 bits per heavy atom. The van der Waals surface area contributed by atoms with Crippen molar-refractivity contribution < 1.29 is 23.8 Å². The Bertz CT molecular complexity index is 679. The molecule has 0 fully saturated rings. The Kier molecular flexibility index (Phi) is 5.74. The van der Waals surface area contributed by atoms with Crippen molar-refractivity contribution in [1.82, 2.24) is 0 Å². The Labute approximate surface area is 134 Å². The predicted octanol–water partition coefficient (Wildman–Crippen LogP) is 3.37. The topological polar surface area (TPSA) is 61.8 Å². The quantitative estimate of drug-likeness (QED) is 0.604. The number of hydrogen-bond acceptors (Lipinski definition) is 5. The van der Waals surface area contributed by atoms with E-state index in [9.17, 15) is 9.59 Å². The molecular weight excluding hydrogens is 296 g/mol. The molecule has 0 aliphatic heterocycles. The minimum absolute atomic E-state index is 0.194. The van der Waals surface area contributed by atoms with Crippen LogP contribution in [0.25, 0.3) is 0 Å². The van der Waals surface area contributed by atoms with Gasteiger partial charge in [0, 0.05) is 6.92 Å². The van der Waals surface area contributed by atoms with E-state index in [2.05, 4.69) is 0 Å². The predicted molar refractivity (Wildman–Crippen MR) is 84.5 cm³/mol. The highest BCUT2D eigenvalue weighted by Gasteiger charge is 2.14. The van der Waals surface area contributed by atoms with Crippen LogP contribution in [0.1, 0.15) is 29.8 Å². The molecule has 120 valence electrons. The van der Waals surface area contributed by atoms with Gasteiger partial charge in [-0.15, -0.1) is 0 Å². The van der Waals surface area contributed by atoms with Crippen LogP contribution >= 0.6 is 0 Å². The summed E-state index contributed by atoms with van der Waals surface area (Å²) in [6, 6.07) is 14.2. The summed E-state index contributed by atoms with van der Waals surface area (Å²) >= 11 is 0. The van der Waals surface area contributed by atoms with E-state index in [4.69, 9.17) is 14.2 Å². The van der Waals surface area contributed by atoms with Crippen molar-refractivity contribution >= 4 is 11.9 Å². The third kappa shape index (κ3) is 4.85. The fraction of sp³-hybridized carbons (Fsp3) is 0.222. The summed E-state index contributed by atoms with van der Waals surface area (Å²) < 4.78 is 15.8. The van der Waals surface area contributed by atoms with Crippen molar-refractivity contribution in [2.45, 2.75) is 20.5 Å². The van der Waals surface area contributed by atoms with Crippen molar-refractivity contribution in [3.63, 3.8) is 0 Å². The summed E-state index contributed by atoms with van der Waals surface area (Å²) in [5, 5.41) is 0. The van der Waals surface area contributed by atoms with Crippen LogP contribution in [-0.4, -0.2) is 18.5 Å². The molecule has 23 heavy (non-hydrogen) atoms. The fourth-order valence-corrected chi connectivity index (χ4v) is 1.94. The van der Waals surface area contributed by atoms with Crippen LogP contribution in [0.2, 0.25) is 0 Å². The van der Waals surface area contributed by atoms with Gasteiger partial charge in [-0.05, 0) is 30.7 Å². The van der Waals surface area contributed by atoms with Crippen LogP contribution < -0.4 is 9.47 Å². The minimum atomic E-state index is -0.490. The summed E-state index contributed by atoms with van der Waals surface area (Å²) in [5.74, 6) is -0.387. The number of ether oxygens (including phenoxy) is 3. The van der Waals surface area contributed by atoms with Crippen LogP contribution in [0, 0.1) is 0 Å². The summed E-state index contributed by atoms with van der Waals surface area (Å²) in [7, 11) is 0. The number of rotatable bonds is 6. The lowest BCUT2D eigenvalue weighted by Gasteiger charge is -2.12. The highest BCUT2D eigenvalue weighted by Crippen LogP contribution is 2.29. The molecule has 0 unspecified atom stereocenters. The van der Waals surface area contributed by atoms with E-state index in [-0.39, 0.29) is 12.4 Å². The molecule has 0 heterocycles. The minimum Gasteiger partial charge on any atom is -0.485 e. The SMILES string of the molecule is CCOC(=O)c1ccc(OCc2ccccc2)c(OC(C)=O)c1. The van der Waals surface area contributed by atoms with Gasteiger partial charge < -0.3 is 14.2 Å². The molecule has 0 saturated heterocycles. The van der Waals surface area contributed by atoms with Crippen molar-refractivity contribution in [3.8, 4) is 11.5 Å². The highest BCUT2D eigenvalue weighted by molar-refractivity contribution is 5.90. The van der Waals surface area contributed by atoms with Crippen molar-refractivity contribution in [2.75, 3.05) is 6.61 Å². The smallest absolute Gasteiger partial charge is 0.338 e. The number of carbonyl (C=O) groups is 2. The average Bonchev–Trinajstić information content (AvgIpc) is 2.54. The largest absolute Gasteiger partial charge is 0.485 e. The van der Waals surface area contributed by atoms with Crippen LogP contribution in [-0.2, 0) is 16.1 Å². The van der Waals surface area contributed by atoms with Gasteiger partial charge in [-0.1, -0.05) is 30.3 Å². The van der Waals surface area contributed by atoms with E-state index in [1.165, 1.54) is 13.0 Å². The van der Waals surface area contributed by atoms with Crippen LogP contribution in [0.5, 0.6) is 11.5 Å². The molecule has 0 aliphatic carbocycles. The van der Waals surface area contributed by atoms with Gasteiger partial charge in [-0.25, -0.2) is 4.79 Å². The second kappa shape index (κ2) is 7.98. The third-order valence-electron chi connectivity index (χ3n) is 2.95. The van der Waals surface area contributed by atoms with Crippen LogP contribution in [0.3, 0.4) is 0 Å². The number of benzene rings is 2. The first-order chi connectivity index (χ1) is 11.1. The molecule has 0 saturated carbocycles. The molecule has 0 N–H and O–H groups in total. The zero-order chi connectivity index (χ0) is 16.7. The lowest BCUT2D eigenvalue weighted by Crippen LogP contribution is -2.08. The number of esters is 2. The monoisotopic (exact) mass is 314 g/mol. The van der Waals surface area contributed by atoms with Crippen molar-refractivity contribution in [1.29, 1.82) is 0 Å². The van der Waals surface area contributed by atoms with Gasteiger partial charge in [0.2, 0.25) is 0 Å². The molecule has 5 heteroatoms. The number of carbonyl (C=O) groups excluding carboxylic acids is 2. The summed E-state index contributed by atoms with van der Waals surface area (Å²) in [6.45, 7) is 3.61.